The first-order valence-electron chi connectivity index (χ1n) is 10.2. The summed E-state index contributed by atoms with van der Waals surface area (Å²) >= 11 is 12.3. The molecule has 3 aromatic rings. The van der Waals surface area contributed by atoms with E-state index in [0.717, 1.165) is 9.87 Å². The zero-order chi connectivity index (χ0) is 24.0. The molecule has 9 heteroatoms. The number of halogens is 2. The van der Waals surface area contributed by atoms with Crippen LogP contribution in [0.15, 0.2) is 77.7 Å². The van der Waals surface area contributed by atoms with Crippen molar-refractivity contribution in [3.05, 3.63) is 88.4 Å². The first kappa shape index (κ1) is 24.9. The SMILES string of the molecule is CC[C@H](NC(=O)CN(c1ccc(Cl)cc1Cl)S(=O)(=O)c1ccccc1)c1ccc(OC)cc1. The molecule has 3 aromatic carbocycles. The Morgan fingerprint density at radius 3 is 2.27 bits per heavy atom. The fourth-order valence-corrected chi connectivity index (χ4v) is 5.35. The summed E-state index contributed by atoms with van der Waals surface area (Å²) in [5.41, 5.74) is 1.05. The Morgan fingerprint density at radius 2 is 1.70 bits per heavy atom. The van der Waals surface area contributed by atoms with E-state index < -0.39 is 22.5 Å². The lowest BCUT2D eigenvalue weighted by molar-refractivity contribution is -0.120. The van der Waals surface area contributed by atoms with E-state index in [-0.39, 0.29) is 21.6 Å². The van der Waals surface area contributed by atoms with Gasteiger partial charge in [0.05, 0.1) is 28.8 Å². The lowest BCUT2D eigenvalue weighted by Crippen LogP contribution is -2.42. The first-order valence-corrected chi connectivity index (χ1v) is 12.4. The number of ether oxygens (including phenoxy) is 1. The predicted octanol–water partition coefficient (Wildman–Crippen LogP) is 5.46. The van der Waals surface area contributed by atoms with Crippen LogP contribution < -0.4 is 14.4 Å². The Labute approximate surface area is 204 Å². The van der Waals surface area contributed by atoms with Gasteiger partial charge in [0.15, 0.2) is 0 Å². The zero-order valence-electron chi connectivity index (χ0n) is 18.2. The molecule has 3 rings (SSSR count). The van der Waals surface area contributed by atoms with Gasteiger partial charge in [0, 0.05) is 5.02 Å². The highest BCUT2D eigenvalue weighted by molar-refractivity contribution is 7.92. The molecule has 0 bridgehead atoms. The van der Waals surface area contributed by atoms with Crippen LogP contribution in [0.25, 0.3) is 0 Å². The molecular weight excluding hydrogens is 483 g/mol. The first-order chi connectivity index (χ1) is 15.8. The molecule has 1 amide bonds. The highest BCUT2D eigenvalue weighted by Gasteiger charge is 2.29. The highest BCUT2D eigenvalue weighted by Crippen LogP contribution is 2.32. The summed E-state index contributed by atoms with van der Waals surface area (Å²) < 4.78 is 33.1. The number of amides is 1. The molecule has 0 saturated carbocycles. The average molecular weight is 507 g/mol. The summed E-state index contributed by atoms with van der Waals surface area (Å²) in [6.45, 7) is 1.48. The number of carbonyl (C=O) groups is 1. The van der Waals surface area contributed by atoms with Gasteiger partial charge < -0.3 is 10.1 Å². The molecule has 0 saturated heterocycles. The lowest BCUT2D eigenvalue weighted by atomic mass is 10.0. The third-order valence-electron chi connectivity index (χ3n) is 5.06. The smallest absolute Gasteiger partial charge is 0.264 e. The van der Waals surface area contributed by atoms with Gasteiger partial charge in [-0.05, 0) is 54.4 Å². The summed E-state index contributed by atoms with van der Waals surface area (Å²) in [5.74, 6) is 0.237. The number of rotatable bonds is 9. The number of anilines is 1. The van der Waals surface area contributed by atoms with E-state index in [1.54, 1.807) is 25.3 Å². The third-order valence-corrected chi connectivity index (χ3v) is 7.37. The van der Waals surface area contributed by atoms with Crippen LogP contribution >= 0.6 is 23.2 Å². The standard InChI is InChI=1S/C24H24Cl2N2O4S/c1-3-22(17-9-12-19(32-2)13-10-17)27-24(29)16-28(23-14-11-18(25)15-21(23)26)33(30,31)20-7-5-4-6-8-20/h4-15,22H,3,16H2,1-2H3,(H,27,29)/t22-/m0/s1. The van der Waals surface area contributed by atoms with Gasteiger partial charge in [-0.25, -0.2) is 8.42 Å². The number of sulfonamides is 1. The fraction of sp³-hybridized carbons (Fsp3) is 0.208. The van der Waals surface area contributed by atoms with Crippen LogP contribution in [-0.4, -0.2) is 28.0 Å². The van der Waals surface area contributed by atoms with Gasteiger partial charge in [-0.15, -0.1) is 0 Å². The number of hydrogen-bond acceptors (Lipinski definition) is 4. The molecule has 6 nitrogen and oxygen atoms in total. The second kappa shape index (κ2) is 10.9. The summed E-state index contributed by atoms with van der Waals surface area (Å²) in [6.07, 6.45) is 0.616. The van der Waals surface area contributed by atoms with Crippen molar-refractivity contribution in [1.82, 2.24) is 5.32 Å². The maximum atomic E-state index is 13.4. The lowest BCUT2D eigenvalue weighted by Gasteiger charge is -2.26. The van der Waals surface area contributed by atoms with Crippen LogP contribution in [0, 0.1) is 0 Å². The predicted molar refractivity (Wildman–Crippen MR) is 132 cm³/mol. The minimum absolute atomic E-state index is 0.0472. The summed E-state index contributed by atoms with van der Waals surface area (Å²) in [7, 11) is -2.49. The third kappa shape index (κ3) is 5.99. The molecule has 33 heavy (non-hydrogen) atoms. The number of nitrogens with zero attached hydrogens (tertiary/aromatic N) is 1. The van der Waals surface area contributed by atoms with Gasteiger partial charge in [-0.2, -0.15) is 0 Å². The molecule has 174 valence electrons. The van der Waals surface area contributed by atoms with E-state index >= 15 is 0 Å². The molecular formula is C24H24Cl2N2O4S. The molecule has 0 aromatic heterocycles. The van der Waals surface area contributed by atoms with Crippen molar-refractivity contribution >= 4 is 44.8 Å². The largest absolute Gasteiger partial charge is 0.497 e. The van der Waals surface area contributed by atoms with Crippen molar-refractivity contribution in [1.29, 1.82) is 0 Å². The van der Waals surface area contributed by atoms with Gasteiger partial charge in [0.2, 0.25) is 5.91 Å². The van der Waals surface area contributed by atoms with E-state index in [4.69, 9.17) is 27.9 Å². The van der Waals surface area contributed by atoms with Crippen molar-refractivity contribution in [3.8, 4) is 5.75 Å². The van der Waals surface area contributed by atoms with Crippen LogP contribution in [0.1, 0.15) is 24.9 Å². The van der Waals surface area contributed by atoms with Gasteiger partial charge in [0.1, 0.15) is 12.3 Å². The monoisotopic (exact) mass is 506 g/mol. The number of methoxy groups -OCH3 is 1. The summed E-state index contributed by atoms with van der Waals surface area (Å²) in [4.78, 5) is 13.1. The molecule has 0 heterocycles. The fourth-order valence-electron chi connectivity index (χ4n) is 3.33. The molecule has 0 radical (unpaired) electrons. The van der Waals surface area contributed by atoms with E-state index in [0.29, 0.717) is 17.2 Å². The van der Waals surface area contributed by atoms with Crippen molar-refractivity contribution in [3.63, 3.8) is 0 Å². The normalized spacial score (nSPS) is 12.1. The maximum absolute atomic E-state index is 13.4. The molecule has 0 aliphatic carbocycles. The Hall–Kier alpha value is -2.74. The topological polar surface area (TPSA) is 75.7 Å². The van der Waals surface area contributed by atoms with Crippen LogP contribution in [-0.2, 0) is 14.8 Å². The zero-order valence-corrected chi connectivity index (χ0v) is 20.5. The number of carbonyl (C=O) groups excluding carboxylic acids is 1. The second-order valence-corrected chi connectivity index (χ2v) is 9.93. The van der Waals surface area contributed by atoms with Crippen LogP contribution in [0.3, 0.4) is 0 Å². The number of benzene rings is 3. The van der Waals surface area contributed by atoms with E-state index in [9.17, 15) is 13.2 Å². The number of nitrogens with one attached hydrogen (secondary N) is 1. The minimum Gasteiger partial charge on any atom is -0.497 e. The van der Waals surface area contributed by atoms with Gasteiger partial charge in [-0.1, -0.05) is 60.5 Å². The number of hydrogen-bond donors (Lipinski definition) is 1. The van der Waals surface area contributed by atoms with E-state index in [1.807, 2.05) is 31.2 Å². The van der Waals surface area contributed by atoms with Crippen molar-refractivity contribution in [2.75, 3.05) is 18.0 Å². The van der Waals surface area contributed by atoms with E-state index in [2.05, 4.69) is 5.32 Å². The Bertz CT molecular complexity index is 1200. The Kier molecular flexibility index (Phi) is 8.24. The molecule has 0 unspecified atom stereocenters. The molecule has 0 fully saturated rings. The molecule has 0 aliphatic rings. The molecule has 0 spiro atoms. The Balaban J connectivity index is 1.91. The maximum Gasteiger partial charge on any atom is 0.264 e. The van der Waals surface area contributed by atoms with Crippen molar-refractivity contribution < 1.29 is 17.9 Å². The molecule has 1 N–H and O–H groups in total. The van der Waals surface area contributed by atoms with Gasteiger partial charge >= 0.3 is 0 Å². The molecule has 1 atom stereocenters. The summed E-state index contributed by atoms with van der Waals surface area (Å²) in [6, 6.07) is 19.4. The quantitative estimate of drug-likeness (QED) is 0.417. The minimum atomic E-state index is -4.07. The average Bonchev–Trinajstić information content (AvgIpc) is 2.82. The van der Waals surface area contributed by atoms with Crippen LogP contribution in [0.5, 0.6) is 5.75 Å². The summed E-state index contributed by atoms with van der Waals surface area (Å²) in [5, 5.41) is 3.40. The van der Waals surface area contributed by atoms with Crippen molar-refractivity contribution in [2.24, 2.45) is 0 Å². The van der Waals surface area contributed by atoms with Crippen molar-refractivity contribution in [2.45, 2.75) is 24.3 Å². The second-order valence-electron chi connectivity index (χ2n) is 7.22. The van der Waals surface area contributed by atoms with Crippen LogP contribution in [0.4, 0.5) is 5.69 Å². The van der Waals surface area contributed by atoms with E-state index in [1.165, 1.54) is 30.3 Å². The van der Waals surface area contributed by atoms with Gasteiger partial charge in [-0.3, -0.25) is 9.10 Å². The van der Waals surface area contributed by atoms with Crippen LogP contribution in [0.2, 0.25) is 10.0 Å². The molecule has 0 aliphatic heterocycles. The Morgan fingerprint density at radius 1 is 1.03 bits per heavy atom. The van der Waals surface area contributed by atoms with Gasteiger partial charge in [0.25, 0.3) is 10.0 Å². The highest BCUT2D eigenvalue weighted by atomic mass is 35.5.